The van der Waals surface area contributed by atoms with Crippen molar-refractivity contribution < 1.29 is 9.59 Å². The minimum absolute atomic E-state index is 0.0927. The van der Waals surface area contributed by atoms with Gasteiger partial charge in [-0.05, 0) is 24.8 Å². The Labute approximate surface area is 99.4 Å². The van der Waals surface area contributed by atoms with E-state index in [0.29, 0.717) is 0 Å². The molecule has 2 atom stereocenters. The highest BCUT2D eigenvalue weighted by molar-refractivity contribution is 6.07. The fraction of sp³-hybridized carbons (Fsp3) is 0.385. The van der Waals surface area contributed by atoms with E-state index in [1.54, 1.807) is 0 Å². The molecule has 2 aliphatic rings. The Balaban J connectivity index is 2.00. The predicted octanol–water partition coefficient (Wildman–Crippen LogP) is 1.53. The van der Waals surface area contributed by atoms with Gasteiger partial charge in [0.05, 0.1) is 0 Å². The number of rotatable bonds is 1. The lowest BCUT2D eigenvalue weighted by molar-refractivity contribution is -0.124. The summed E-state index contributed by atoms with van der Waals surface area (Å²) < 4.78 is 0. The van der Waals surface area contributed by atoms with Gasteiger partial charge in [0.1, 0.15) is 5.54 Å². The number of carbonyl (C=O) groups is 2. The van der Waals surface area contributed by atoms with Gasteiger partial charge >= 0.3 is 6.03 Å². The molecule has 0 radical (unpaired) electrons. The molecule has 1 saturated carbocycles. The lowest BCUT2D eigenvalue weighted by atomic mass is 9.82. The van der Waals surface area contributed by atoms with Crippen LogP contribution in [0.5, 0.6) is 0 Å². The fourth-order valence-electron chi connectivity index (χ4n) is 3.07. The maximum atomic E-state index is 12.0. The summed E-state index contributed by atoms with van der Waals surface area (Å²) in [4.78, 5) is 23.3. The summed E-state index contributed by atoms with van der Waals surface area (Å²) in [7, 11) is 0. The van der Waals surface area contributed by atoms with Crippen LogP contribution < -0.4 is 10.6 Å². The highest BCUT2D eigenvalue weighted by Gasteiger charge is 2.54. The van der Waals surface area contributed by atoms with Crippen molar-refractivity contribution in [1.29, 1.82) is 0 Å². The molecular weight excluding hydrogens is 216 g/mol. The molecule has 3 amide bonds. The van der Waals surface area contributed by atoms with Gasteiger partial charge in [-0.15, -0.1) is 0 Å². The van der Waals surface area contributed by atoms with E-state index in [1.165, 1.54) is 0 Å². The second-order valence-electron chi connectivity index (χ2n) is 4.74. The molecule has 1 aliphatic heterocycles. The third kappa shape index (κ3) is 1.44. The maximum Gasteiger partial charge on any atom is 0.322 e. The van der Waals surface area contributed by atoms with Crippen LogP contribution in [0.4, 0.5) is 4.79 Å². The van der Waals surface area contributed by atoms with Gasteiger partial charge in [0, 0.05) is 5.92 Å². The van der Waals surface area contributed by atoms with Crippen LogP contribution in [0.2, 0.25) is 0 Å². The van der Waals surface area contributed by atoms with Crippen LogP contribution in [0.15, 0.2) is 30.3 Å². The number of carbonyl (C=O) groups excluding carboxylic acids is 2. The molecule has 1 heterocycles. The lowest BCUT2D eigenvalue weighted by Crippen LogP contribution is -2.48. The monoisotopic (exact) mass is 230 g/mol. The van der Waals surface area contributed by atoms with Crippen LogP contribution in [0, 0.1) is 0 Å². The summed E-state index contributed by atoms with van der Waals surface area (Å²) in [5.41, 5.74) is 0.417. The number of nitrogens with one attached hydrogen (secondary N) is 2. The van der Waals surface area contributed by atoms with E-state index in [9.17, 15) is 9.59 Å². The topological polar surface area (TPSA) is 58.2 Å². The third-order valence-electron chi connectivity index (χ3n) is 3.83. The smallest absolute Gasteiger partial charge is 0.322 e. The molecule has 1 aromatic rings. The van der Waals surface area contributed by atoms with Crippen molar-refractivity contribution in [2.75, 3.05) is 0 Å². The third-order valence-corrected chi connectivity index (χ3v) is 3.83. The average Bonchev–Trinajstić information content (AvgIpc) is 2.86. The van der Waals surface area contributed by atoms with Gasteiger partial charge in [-0.25, -0.2) is 4.79 Å². The Morgan fingerprint density at radius 1 is 1.18 bits per heavy atom. The molecule has 1 aromatic carbocycles. The van der Waals surface area contributed by atoms with Gasteiger partial charge in [-0.3, -0.25) is 10.1 Å². The molecule has 1 spiro atoms. The molecule has 0 bridgehead atoms. The number of benzene rings is 1. The van der Waals surface area contributed by atoms with E-state index >= 15 is 0 Å². The highest BCUT2D eigenvalue weighted by Crippen LogP contribution is 2.44. The van der Waals surface area contributed by atoms with Gasteiger partial charge in [0.15, 0.2) is 0 Å². The molecule has 88 valence electrons. The maximum absolute atomic E-state index is 12.0. The van der Waals surface area contributed by atoms with E-state index in [4.69, 9.17) is 0 Å². The van der Waals surface area contributed by atoms with Crippen molar-refractivity contribution in [2.24, 2.45) is 0 Å². The zero-order valence-electron chi connectivity index (χ0n) is 9.40. The van der Waals surface area contributed by atoms with Crippen LogP contribution in [0.1, 0.15) is 30.7 Å². The summed E-state index contributed by atoms with van der Waals surface area (Å²) in [5.74, 6) is -0.0796. The van der Waals surface area contributed by atoms with Crippen LogP contribution in [0.3, 0.4) is 0 Å². The number of urea groups is 1. The largest absolute Gasteiger partial charge is 0.323 e. The highest BCUT2D eigenvalue weighted by atomic mass is 16.2. The number of amides is 3. The van der Waals surface area contributed by atoms with E-state index in [2.05, 4.69) is 10.6 Å². The van der Waals surface area contributed by atoms with Crippen molar-refractivity contribution in [1.82, 2.24) is 10.6 Å². The van der Waals surface area contributed by atoms with E-state index in [0.717, 1.165) is 24.8 Å². The van der Waals surface area contributed by atoms with E-state index in [1.807, 2.05) is 30.3 Å². The Hall–Kier alpha value is -1.84. The Bertz CT molecular complexity index is 472. The normalized spacial score (nSPS) is 31.6. The molecular formula is C13H14N2O2. The number of hydrogen-bond donors (Lipinski definition) is 2. The summed E-state index contributed by atoms with van der Waals surface area (Å²) in [6.07, 6.45) is 2.63. The molecule has 2 fully saturated rings. The molecule has 1 unspecified atom stereocenters. The van der Waals surface area contributed by atoms with Crippen molar-refractivity contribution >= 4 is 11.9 Å². The lowest BCUT2D eigenvalue weighted by Gasteiger charge is -2.28. The van der Waals surface area contributed by atoms with Crippen molar-refractivity contribution in [3.8, 4) is 0 Å². The van der Waals surface area contributed by atoms with Crippen LogP contribution >= 0.6 is 0 Å². The second-order valence-corrected chi connectivity index (χ2v) is 4.74. The van der Waals surface area contributed by atoms with Crippen LogP contribution in [0.25, 0.3) is 0 Å². The SMILES string of the molecule is O=C1NC(=O)C2(CCC[C@H]2c2ccccc2)N1. The Morgan fingerprint density at radius 2 is 1.94 bits per heavy atom. The molecule has 4 nitrogen and oxygen atoms in total. The Kier molecular flexibility index (Phi) is 2.18. The van der Waals surface area contributed by atoms with Gasteiger partial charge in [-0.2, -0.15) is 0 Å². The van der Waals surface area contributed by atoms with Crippen LogP contribution in [-0.2, 0) is 4.79 Å². The van der Waals surface area contributed by atoms with Crippen molar-refractivity contribution in [3.63, 3.8) is 0 Å². The molecule has 2 N–H and O–H groups in total. The summed E-state index contributed by atoms with van der Waals surface area (Å²) in [6.45, 7) is 0. The molecule has 4 heteroatoms. The number of hydrogen-bond acceptors (Lipinski definition) is 2. The van der Waals surface area contributed by atoms with E-state index in [-0.39, 0.29) is 17.9 Å². The van der Waals surface area contributed by atoms with Crippen LogP contribution in [-0.4, -0.2) is 17.5 Å². The van der Waals surface area contributed by atoms with Gasteiger partial charge in [0.25, 0.3) is 5.91 Å². The Morgan fingerprint density at radius 3 is 2.59 bits per heavy atom. The predicted molar refractivity (Wildman–Crippen MR) is 62.4 cm³/mol. The van der Waals surface area contributed by atoms with E-state index < -0.39 is 5.54 Å². The zero-order valence-corrected chi connectivity index (χ0v) is 9.40. The quantitative estimate of drug-likeness (QED) is 0.719. The molecule has 3 rings (SSSR count). The van der Waals surface area contributed by atoms with Gasteiger partial charge in [0.2, 0.25) is 0 Å². The standard InChI is InChI=1S/C13H14N2O2/c16-11-13(15-12(17)14-11)8-4-7-10(13)9-5-2-1-3-6-9/h1-3,5-6,10H,4,7-8H2,(H2,14,15,16,17)/t10-,13?/m0/s1. The minimum Gasteiger partial charge on any atom is -0.323 e. The number of imide groups is 1. The first-order valence-corrected chi connectivity index (χ1v) is 5.91. The van der Waals surface area contributed by atoms with Gasteiger partial charge < -0.3 is 5.32 Å². The minimum atomic E-state index is -0.710. The van der Waals surface area contributed by atoms with Crippen molar-refractivity contribution in [2.45, 2.75) is 30.7 Å². The van der Waals surface area contributed by atoms with Gasteiger partial charge in [-0.1, -0.05) is 30.3 Å². The molecule has 1 saturated heterocycles. The average molecular weight is 230 g/mol. The second kappa shape index (κ2) is 3.58. The zero-order chi connectivity index (χ0) is 11.9. The summed E-state index contributed by atoms with van der Waals surface area (Å²) in [5, 5.41) is 5.19. The first kappa shape index (κ1) is 10.3. The molecule has 0 aromatic heterocycles. The fourth-order valence-corrected chi connectivity index (χ4v) is 3.07. The summed E-state index contributed by atoms with van der Waals surface area (Å²) >= 11 is 0. The molecule has 17 heavy (non-hydrogen) atoms. The summed E-state index contributed by atoms with van der Waals surface area (Å²) in [6, 6.07) is 9.58. The molecule has 1 aliphatic carbocycles. The van der Waals surface area contributed by atoms with Crippen molar-refractivity contribution in [3.05, 3.63) is 35.9 Å². The first-order chi connectivity index (χ1) is 8.22. The first-order valence-electron chi connectivity index (χ1n) is 5.91.